The van der Waals surface area contributed by atoms with Gasteiger partial charge in [-0.15, -0.1) is 6.58 Å². The van der Waals surface area contributed by atoms with E-state index in [1.807, 2.05) is 31.3 Å². The molecular weight excluding hydrogens is 320 g/mol. The highest BCUT2D eigenvalue weighted by Crippen LogP contribution is 2.20. The van der Waals surface area contributed by atoms with Crippen molar-refractivity contribution in [1.82, 2.24) is 4.90 Å². The Balaban J connectivity index is 2.38. The van der Waals surface area contributed by atoms with Crippen molar-refractivity contribution < 1.29 is 9.90 Å². The van der Waals surface area contributed by atoms with Gasteiger partial charge in [-0.25, -0.2) is 0 Å². The number of nitrogens with zero attached hydrogens (tertiary/aromatic N) is 1. The predicted octanol–water partition coefficient (Wildman–Crippen LogP) is 2.65. The lowest BCUT2D eigenvalue weighted by Gasteiger charge is -2.20. The summed E-state index contributed by atoms with van der Waals surface area (Å²) in [6.45, 7) is 4.33. The maximum atomic E-state index is 11.9. The van der Waals surface area contributed by atoms with Gasteiger partial charge in [0.1, 0.15) is 0 Å². The van der Waals surface area contributed by atoms with E-state index in [4.69, 9.17) is 0 Å². The molecule has 0 fully saturated rings. The second-order valence-electron chi connectivity index (χ2n) is 4.74. The van der Waals surface area contributed by atoms with E-state index >= 15 is 0 Å². The van der Waals surface area contributed by atoms with Gasteiger partial charge in [0.05, 0.1) is 18.3 Å². The molecule has 1 aromatic rings. The fraction of sp³-hybridized carbons (Fsp3) is 0.400. The van der Waals surface area contributed by atoms with Crippen molar-refractivity contribution in [3.8, 4) is 0 Å². The first-order valence-electron chi connectivity index (χ1n) is 6.54. The van der Waals surface area contributed by atoms with Crippen LogP contribution in [-0.4, -0.2) is 42.2 Å². The number of carbonyl (C=O) groups is 1. The number of aliphatic hydroxyl groups excluding tert-OH is 1. The van der Waals surface area contributed by atoms with Gasteiger partial charge in [0.2, 0.25) is 5.91 Å². The molecule has 0 radical (unpaired) electrons. The van der Waals surface area contributed by atoms with E-state index in [1.54, 1.807) is 11.0 Å². The number of allylic oxidation sites excluding steroid dienone is 1. The van der Waals surface area contributed by atoms with Gasteiger partial charge < -0.3 is 10.4 Å². The Kier molecular flexibility index (Phi) is 7.51. The highest BCUT2D eigenvalue weighted by atomic mass is 79.9. The van der Waals surface area contributed by atoms with Crippen LogP contribution in [0.4, 0.5) is 5.69 Å². The van der Waals surface area contributed by atoms with E-state index in [-0.39, 0.29) is 12.5 Å². The zero-order chi connectivity index (χ0) is 15.0. The smallest absolute Gasteiger partial charge is 0.238 e. The predicted molar refractivity (Wildman–Crippen MR) is 85.7 cm³/mol. The first-order chi connectivity index (χ1) is 9.52. The van der Waals surface area contributed by atoms with Crippen LogP contribution < -0.4 is 5.32 Å². The summed E-state index contributed by atoms with van der Waals surface area (Å²) in [6, 6.07) is 7.46. The number of hydrogen-bond acceptors (Lipinski definition) is 3. The Bertz CT molecular complexity index is 451. The first kappa shape index (κ1) is 16.9. The summed E-state index contributed by atoms with van der Waals surface area (Å²) in [4.78, 5) is 13.7. The molecule has 0 aromatic heterocycles. The highest BCUT2D eigenvalue weighted by molar-refractivity contribution is 9.10. The molecule has 1 unspecified atom stereocenters. The van der Waals surface area contributed by atoms with Crippen LogP contribution in [0.25, 0.3) is 0 Å². The number of hydrogen-bond donors (Lipinski definition) is 2. The molecule has 0 saturated heterocycles. The molecular formula is C15H21BrN2O2. The summed E-state index contributed by atoms with van der Waals surface area (Å²) in [5, 5.41) is 12.6. The monoisotopic (exact) mass is 340 g/mol. The van der Waals surface area contributed by atoms with E-state index in [1.165, 1.54) is 0 Å². The van der Waals surface area contributed by atoms with Crippen molar-refractivity contribution in [2.75, 3.05) is 25.5 Å². The van der Waals surface area contributed by atoms with Gasteiger partial charge in [-0.2, -0.15) is 0 Å². The number of halogens is 1. The fourth-order valence-corrected chi connectivity index (χ4v) is 2.21. The minimum Gasteiger partial charge on any atom is -0.392 e. The normalized spacial score (nSPS) is 12.2. The SMILES string of the molecule is C=CCCC(O)CN(C)CC(=O)Nc1ccccc1Br. The molecule has 5 heteroatoms. The zero-order valence-corrected chi connectivity index (χ0v) is 13.3. The molecule has 20 heavy (non-hydrogen) atoms. The van der Waals surface area contributed by atoms with Crippen LogP contribution in [-0.2, 0) is 4.79 Å². The second-order valence-corrected chi connectivity index (χ2v) is 5.60. The standard InChI is InChI=1S/C15H21BrN2O2/c1-3-4-7-12(19)10-18(2)11-15(20)17-14-9-6-5-8-13(14)16/h3,5-6,8-9,12,19H,1,4,7,10-11H2,2H3,(H,17,20). The van der Waals surface area contributed by atoms with Crippen LogP contribution in [0, 0.1) is 0 Å². The molecule has 4 nitrogen and oxygen atoms in total. The number of para-hydroxylation sites is 1. The molecule has 0 aliphatic carbocycles. The lowest BCUT2D eigenvalue weighted by Crippen LogP contribution is -2.35. The largest absolute Gasteiger partial charge is 0.392 e. The van der Waals surface area contributed by atoms with Crippen LogP contribution in [0.1, 0.15) is 12.8 Å². The van der Waals surface area contributed by atoms with Crippen molar-refractivity contribution in [3.63, 3.8) is 0 Å². The molecule has 0 saturated carbocycles. The second kappa shape index (κ2) is 8.89. The molecule has 0 bridgehead atoms. The fourth-order valence-electron chi connectivity index (χ4n) is 1.82. The molecule has 1 rings (SSSR count). The van der Waals surface area contributed by atoms with Gasteiger partial charge in [0.25, 0.3) is 0 Å². The summed E-state index contributed by atoms with van der Waals surface area (Å²) < 4.78 is 0.849. The molecule has 110 valence electrons. The number of anilines is 1. The van der Waals surface area contributed by atoms with Crippen LogP contribution in [0.3, 0.4) is 0 Å². The first-order valence-corrected chi connectivity index (χ1v) is 7.34. The van der Waals surface area contributed by atoms with Crippen molar-refractivity contribution in [2.24, 2.45) is 0 Å². The van der Waals surface area contributed by atoms with Crippen LogP contribution >= 0.6 is 15.9 Å². The third kappa shape index (κ3) is 6.32. The lowest BCUT2D eigenvalue weighted by atomic mass is 10.2. The average molecular weight is 341 g/mol. The van der Waals surface area contributed by atoms with Crippen LogP contribution in [0.15, 0.2) is 41.4 Å². The summed E-state index contributed by atoms with van der Waals surface area (Å²) in [6.07, 6.45) is 2.79. The highest BCUT2D eigenvalue weighted by Gasteiger charge is 2.12. The molecule has 0 aliphatic heterocycles. The van der Waals surface area contributed by atoms with Crippen molar-refractivity contribution in [3.05, 3.63) is 41.4 Å². The molecule has 1 amide bonds. The molecule has 0 heterocycles. The Morgan fingerprint density at radius 3 is 2.90 bits per heavy atom. The topological polar surface area (TPSA) is 52.6 Å². The van der Waals surface area contributed by atoms with Gasteiger partial charge >= 0.3 is 0 Å². The maximum Gasteiger partial charge on any atom is 0.238 e. The van der Waals surface area contributed by atoms with E-state index in [0.29, 0.717) is 13.0 Å². The average Bonchev–Trinajstić information content (AvgIpc) is 2.38. The number of aliphatic hydroxyl groups is 1. The van der Waals surface area contributed by atoms with Gasteiger partial charge in [0, 0.05) is 11.0 Å². The summed E-state index contributed by atoms with van der Waals surface area (Å²) >= 11 is 3.38. The lowest BCUT2D eigenvalue weighted by molar-refractivity contribution is -0.117. The van der Waals surface area contributed by atoms with Gasteiger partial charge in [-0.1, -0.05) is 18.2 Å². The van der Waals surface area contributed by atoms with Crippen molar-refractivity contribution in [2.45, 2.75) is 18.9 Å². The number of rotatable bonds is 8. The molecule has 0 aliphatic rings. The van der Waals surface area contributed by atoms with Crippen LogP contribution in [0.2, 0.25) is 0 Å². The number of carbonyl (C=O) groups excluding carboxylic acids is 1. The number of benzene rings is 1. The number of nitrogens with one attached hydrogen (secondary N) is 1. The summed E-state index contributed by atoms with van der Waals surface area (Å²) in [7, 11) is 1.82. The van der Waals surface area contributed by atoms with E-state index < -0.39 is 6.10 Å². The summed E-state index contributed by atoms with van der Waals surface area (Å²) in [5.41, 5.74) is 0.748. The molecule has 2 N–H and O–H groups in total. The quantitative estimate of drug-likeness (QED) is 0.715. The zero-order valence-electron chi connectivity index (χ0n) is 11.7. The van der Waals surface area contributed by atoms with Gasteiger partial charge in [-0.3, -0.25) is 9.69 Å². The molecule has 0 spiro atoms. The third-order valence-corrected chi connectivity index (χ3v) is 3.48. The Labute approximate surface area is 128 Å². The van der Waals surface area contributed by atoms with E-state index in [0.717, 1.165) is 16.6 Å². The molecule has 1 aromatic carbocycles. The van der Waals surface area contributed by atoms with Crippen molar-refractivity contribution >= 4 is 27.5 Å². The number of likely N-dealkylation sites (N-methyl/N-ethyl adjacent to an activating group) is 1. The summed E-state index contributed by atoms with van der Waals surface area (Å²) in [5.74, 6) is -0.102. The minimum atomic E-state index is -0.436. The Morgan fingerprint density at radius 2 is 2.25 bits per heavy atom. The Morgan fingerprint density at radius 1 is 1.55 bits per heavy atom. The van der Waals surface area contributed by atoms with Gasteiger partial charge in [-0.05, 0) is 48.0 Å². The maximum absolute atomic E-state index is 11.9. The number of amides is 1. The van der Waals surface area contributed by atoms with E-state index in [9.17, 15) is 9.90 Å². The van der Waals surface area contributed by atoms with Crippen molar-refractivity contribution in [1.29, 1.82) is 0 Å². The Hall–Kier alpha value is -1.17. The molecule has 1 atom stereocenters. The van der Waals surface area contributed by atoms with Crippen LogP contribution in [0.5, 0.6) is 0 Å². The third-order valence-electron chi connectivity index (χ3n) is 2.79. The van der Waals surface area contributed by atoms with E-state index in [2.05, 4.69) is 27.8 Å². The minimum absolute atomic E-state index is 0.102. The van der Waals surface area contributed by atoms with Gasteiger partial charge in [0.15, 0.2) is 0 Å².